The van der Waals surface area contributed by atoms with Gasteiger partial charge < -0.3 is 9.47 Å². The fraction of sp³-hybridized carbons (Fsp3) is 0.143. The van der Waals surface area contributed by atoms with Crippen LogP contribution >= 0.6 is 49.9 Å². The largest absolute Gasteiger partial charge is 0.493 e. The third-order valence-corrected chi connectivity index (χ3v) is 10.5. The van der Waals surface area contributed by atoms with Crippen molar-refractivity contribution < 1.29 is 14.4 Å². The Labute approximate surface area is 289 Å². The van der Waals surface area contributed by atoms with Gasteiger partial charge in [-0.05, 0) is 106 Å². The number of benzene rings is 4. The molecular formula is C35H25BrIN3O5S. The van der Waals surface area contributed by atoms with Crippen LogP contribution in [0.4, 0.5) is 5.69 Å². The number of non-ortho nitro benzene ring substituents is 1. The fourth-order valence-corrected chi connectivity index (χ4v) is 8.00. The Morgan fingerprint density at radius 1 is 1.09 bits per heavy atom. The van der Waals surface area contributed by atoms with Gasteiger partial charge >= 0.3 is 0 Å². The topological polar surface area (TPSA) is 96.0 Å². The van der Waals surface area contributed by atoms with Gasteiger partial charge in [-0.25, -0.2) is 4.99 Å². The van der Waals surface area contributed by atoms with E-state index in [9.17, 15) is 14.9 Å². The molecule has 46 heavy (non-hydrogen) atoms. The lowest BCUT2D eigenvalue weighted by atomic mass is 9.83. The molecule has 1 aliphatic carbocycles. The van der Waals surface area contributed by atoms with Gasteiger partial charge in [-0.2, -0.15) is 0 Å². The Balaban J connectivity index is 1.28. The smallest absolute Gasteiger partial charge is 0.271 e. The van der Waals surface area contributed by atoms with Crippen LogP contribution in [-0.4, -0.2) is 16.6 Å². The summed E-state index contributed by atoms with van der Waals surface area (Å²) in [6, 6.07) is 26.4. The molecule has 1 aliphatic heterocycles. The number of rotatable bonds is 7. The number of aromatic nitrogens is 1. The zero-order valence-corrected chi connectivity index (χ0v) is 29.0. The van der Waals surface area contributed by atoms with Crippen LogP contribution < -0.4 is 24.4 Å². The summed E-state index contributed by atoms with van der Waals surface area (Å²) in [7, 11) is 1.57. The predicted octanol–water partition coefficient (Wildman–Crippen LogP) is 7.18. The summed E-state index contributed by atoms with van der Waals surface area (Å²) in [6.07, 6.45) is 3.61. The molecular weight excluding hydrogens is 781 g/mol. The monoisotopic (exact) mass is 805 g/mol. The first-order valence-electron chi connectivity index (χ1n) is 14.4. The number of halogens is 2. The second-order valence-corrected chi connectivity index (χ2v) is 14.0. The molecule has 2 heterocycles. The zero-order valence-electron chi connectivity index (χ0n) is 24.4. The van der Waals surface area contributed by atoms with Gasteiger partial charge in [0.2, 0.25) is 0 Å². The molecule has 2 aliphatic rings. The molecule has 0 saturated carbocycles. The Kier molecular flexibility index (Phi) is 8.38. The Bertz CT molecular complexity index is 2230. The average Bonchev–Trinajstić information content (AvgIpc) is 3.37. The second-order valence-electron chi connectivity index (χ2n) is 10.9. The van der Waals surface area contributed by atoms with E-state index in [1.165, 1.54) is 29.0 Å². The van der Waals surface area contributed by atoms with E-state index in [0.717, 1.165) is 54.4 Å². The number of nitro groups is 1. The van der Waals surface area contributed by atoms with Crippen LogP contribution in [0.15, 0.2) is 105 Å². The number of thiazole rings is 1. The Hall–Kier alpha value is -4.07. The van der Waals surface area contributed by atoms with E-state index in [1.807, 2.05) is 41.0 Å². The SMILES string of the molecule is COc1cc(/C=c2\sc3n(c2=O)[C@@H](c2ccc(Br)cc2)C2=C(N=3)c3ccccc3CC2)cc(I)c1OCc1ccc([N+](=O)[O-])cc1. The van der Waals surface area contributed by atoms with Crippen LogP contribution in [0.2, 0.25) is 0 Å². The molecule has 8 nitrogen and oxygen atoms in total. The molecule has 0 unspecified atom stereocenters. The van der Waals surface area contributed by atoms with Gasteiger partial charge in [-0.3, -0.25) is 19.5 Å². The molecule has 0 amide bonds. The van der Waals surface area contributed by atoms with Crippen molar-refractivity contribution in [2.24, 2.45) is 4.99 Å². The number of nitrogens with zero attached hydrogens (tertiary/aromatic N) is 3. The van der Waals surface area contributed by atoms with Crippen LogP contribution in [-0.2, 0) is 13.0 Å². The van der Waals surface area contributed by atoms with E-state index in [4.69, 9.17) is 14.5 Å². The standard InChI is InChI=1S/C35H25BrIN3O5S/c1-44-29-17-21(16-28(37)33(29)45-19-20-6-13-25(14-7-20)40(42)43)18-30-34(41)39-32(23-8-11-24(36)12-9-23)27-15-10-22-4-2-3-5-26(22)31(27)38-35(39)46-30/h2-9,11-14,16-18,32H,10,15,19H2,1H3/b30-18-/t32-/m0/s1. The number of hydrogen-bond acceptors (Lipinski definition) is 7. The highest BCUT2D eigenvalue weighted by atomic mass is 127. The highest BCUT2D eigenvalue weighted by molar-refractivity contribution is 14.1. The van der Waals surface area contributed by atoms with Crippen LogP contribution in [0, 0.1) is 13.7 Å². The quantitative estimate of drug-likeness (QED) is 0.0988. The minimum atomic E-state index is -0.430. The van der Waals surface area contributed by atoms with E-state index in [1.54, 1.807) is 19.2 Å². The van der Waals surface area contributed by atoms with Crippen LogP contribution in [0.25, 0.3) is 11.8 Å². The molecule has 7 rings (SSSR count). The fourth-order valence-electron chi connectivity index (χ4n) is 5.95. The van der Waals surface area contributed by atoms with Gasteiger partial charge in [0.05, 0.1) is 31.9 Å². The van der Waals surface area contributed by atoms with Crippen molar-refractivity contribution in [2.75, 3.05) is 7.11 Å². The lowest BCUT2D eigenvalue weighted by Crippen LogP contribution is -2.38. The number of methoxy groups -OCH3 is 1. The van der Waals surface area contributed by atoms with Crippen molar-refractivity contribution in [3.8, 4) is 11.5 Å². The maximum absolute atomic E-state index is 14.2. The molecule has 5 aromatic rings. The highest BCUT2D eigenvalue weighted by Crippen LogP contribution is 2.41. The normalized spacial score (nSPS) is 15.5. The molecule has 0 radical (unpaired) electrons. The van der Waals surface area contributed by atoms with Crippen molar-refractivity contribution in [2.45, 2.75) is 25.5 Å². The van der Waals surface area contributed by atoms with Crippen LogP contribution in [0.3, 0.4) is 0 Å². The summed E-state index contributed by atoms with van der Waals surface area (Å²) in [4.78, 5) is 30.5. The van der Waals surface area contributed by atoms with E-state index < -0.39 is 4.92 Å². The van der Waals surface area contributed by atoms with Crippen molar-refractivity contribution in [1.82, 2.24) is 4.57 Å². The highest BCUT2D eigenvalue weighted by Gasteiger charge is 2.32. The molecule has 0 fully saturated rings. The molecule has 230 valence electrons. The van der Waals surface area contributed by atoms with Gasteiger partial charge in [0.1, 0.15) is 6.61 Å². The first-order chi connectivity index (χ1) is 22.3. The minimum Gasteiger partial charge on any atom is -0.493 e. The Morgan fingerprint density at radius 3 is 2.59 bits per heavy atom. The molecule has 0 bridgehead atoms. The van der Waals surface area contributed by atoms with Gasteiger partial charge in [0, 0.05) is 22.2 Å². The van der Waals surface area contributed by atoms with Crippen molar-refractivity contribution in [3.05, 3.63) is 156 Å². The van der Waals surface area contributed by atoms with Gasteiger partial charge in [-0.1, -0.05) is 63.7 Å². The van der Waals surface area contributed by atoms with Crippen molar-refractivity contribution in [1.29, 1.82) is 0 Å². The number of nitro benzene ring substituents is 1. The molecule has 0 N–H and O–H groups in total. The Morgan fingerprint density at radius 2 is 1.85 bits per heavy atom. The van der Waals surface area contributed by atoms with E-state index in [0.29, 0.717) is 20.8 Å². The van der Waals surface area contributed by atoms with Crippen molar-refractivity contribution in [3.63, 3.8) is 0 Å². The van der Waals surface area contributed by atoms with Gasteiger partial charge in [0.15, 0.2) is 16.3 Å². The first-order valence-corrected chi connectivity index (χ1v) is 17.1. The summed E-state index contributed by atoms with van der Waals surface area (Å²) >= 11 is 7.13. The third kappa shape index (κ3) is 5.71. The summed E-state index contributed by atoms with van der Waals surface area (Å²) in [5, 5.41) is 11.0. The summed E-state index contributed by atoms with van der Waals surface area (Å²) in [5.74, 6) is 1.08. The molecule has 4 aromatic carbocycles. The summed E-state index contributed by atoms with van der Waals surface area (Å²) in [5.41, 5.74) is 7.10. The van der Waals surface area contributed by atoms with E-state index >= 15 is 0 Å². The lowest BCUT2D eigenvalue weighted by Gasteiger charge is -2.30. The van der Waals surface area contributed by atoms with Gasteiger partial charge in [0.25, 0.3) is 11.2 Å². The molecule has 0 saturated heterocycles. The second kappa shape index (κ2) is 12.6. The lowest BCUT2D eigenvalue weighted by molar-refractivity contribution is -0.384. The molecule has 11 heteroatoms. The van der Waals surface area contributed by atoms with Crippen LogP contribution in [0.5, 0.6) is 11.5 Å². The number of hydrogen-bond donors (Lipinski definition) is 0. The number of ether oxygens (including phenoxy) is 2. The number of allylic oxidation sites excluding steroid dienone is 1. The molecule has 1 atom stereocenters. The molecule has 0 spiro atoms. The van der Waals surface area contributed by atoms with E-state index in [-0.39, 0.29) is 23.9 Å². The van der Waals surface area contributed by atoms with Crippen molar-refractivity contribution >= 4 is 67.3 Å². The maximum atomic E-state index is 14.2. The number of aryl methyl sites for hydroxylation is 1. The maximum Gasteiger partial charge on any atom is 0.271 e. The van der Waals surface area contributed by atoms with Gasteiger partial charge in [-0.15, -0.1) is 0 Å². The number of fused-ring (bicyclic) bond motifs is 3. The van der Waals surface area contributed by atoms with Crippen LogP contribution in [0.1, 0.15) is 40.3 Å². The minimum absolute atomic E-state index is 0.0266. The molecule has 1 aromatic heterocycles. The average molecular weight is 806 g/mol. The predicted molar refractivity (Wildman–Crippen MR) is 190 cm³/mol. The third-order valence-electron chi connectivity index (χ3n) is 8.14. The van der Waals surface area contributed by atoms with E-state index in [2.05, 4.69) is 68.9 Å². The summed E-state index contributed by atoms with van der Waals surface area (Å²) in [6.45, 7) is 0.214. The zero-order chi connectivity index (χ0) is 31.9. The summed E-state index contributed by atoms with van der Waals surface area (Å²) < 4.78 is 16.0. The first kappa shape index (κ1) is 30.6.